The molecule has 1 aromatic carbocycles. The number of aryl methyl sites for hydroxylation is 1. The van der Waals surface area contributed by atoms with Crippen LogP contribution < -0.4 is 10.6 Å². The Kier molecular flexibility index (Phi) is 5.53. The van der Waals surface area contributed by atoms with Crippen LogP contribution in [0, 0.1) is 0 Å². The summed E-state index contributed by atoms with van der Waals surface area (Å²) in [6.45, 7) is 0. The minimum Gasteiger partial charge on any atom is -0.351 e. The summed E-state index contributed by atoms with van der Waals surface area (Å²) in [5, 5.41) is 0.308. The van der Waals surface area contributed by atoms with Crippen LogP contribution >= 0.6 is 23.4 Å². The number of benzene rings is 1. The topological polar surface area (TPSA) is 72.1 Å². The van der Waals surface area contributed by atoms with Gasteiger partial charge in [0.1, 0.15) is 0 Å². The summed E-state index contributed by atoms with van der Waals surface area (Å²) in [6.07, 6.45) is -0.868. The summed E-state index contributed by atoms with van der Waals surface area (Å²) >= 11 is 7.32. The number of nitrogens with two attached hydrogens (primary N) is 1. The third kappa shape index (κ3) is 3.98. The van der Waals surface area contributed by atoms with E-state index >= 15 is 0 Å². The molecule has 3 rings (SSSR count). The molecule has 0 bridgehead atoms. The van der Waals surface area contributed by atoms with Crippen molar-refractivity contribution in [2.45, 2.75) is 36.8 Å². The molecule has 1 aliphatic carbocycles. The molecule has 1 aliphatic rings. The average molecular weight is 417 g/mol. The fourth-order valence-electron chi connectivity index (χ4n) is 3.08. The van der Waals surface area contributed by atoms with Crippen LogP contribution in [0.3, 0.4) is 0 Å². The number of carbonyl (C=O) groups is 1. The van der Waals surface area contributed by atoms with E-state index < -0.39 is 23.8 Å². The lowest BCUT2D eigenvalue weighted by Crippen LogP contribution is -2.34. The first kappa shape index (κ1) is 19.8. The lowest BCUT2D eigenvalue weighted by Gasteiger charge is -2.25. The van der Waals surface area contributed by atoms with Crippen molar-refractivity contribution >= 4 is 41.0 Å². The maximum atomic E-state index is 13.6. The number of thioether (sulfide) groups is 1. The van der Waals surface area contributed by atoms with Crippen molar-refractivity contribution in [1.29, 1.82) is 0 Å². The highest BCUT2D eigenvalue weighted by Crippen LogP contribution is 2.39. The van der Waals surface area contributed by atoms with Crippen molar-refractivity contribution in [2.24, 2.45) is 5.73 Å². The molecule has 10 heteroatoms. The lowest BCUT2D eigenvalue weighted by atomic mass is 9.94. The second-order valence-corrected chi connectivity index (χ2v) is 7.28. The molecular formula is C17H16ClF3N4OS. The first-order valence-electron chi connectivity index (χ1n) is 8.12. The molecule has 2 aromatic rings. The highest BCUT2D eigenvalue weighted by molar-refractivity contribution is 7.98. The summed E-state index contributed by atoms with van der Waals surface area (Å²) in [5.74, 6) is -0.395. The van der Waals surface area contributed by atoms with E-state index in [2.05, 4.69) is 9.97 Å². The molecule has 27 heavy (non-hydrogen) atoms. The fraction of sp³-hybridized carbons (Fsp3) is 0.353. The maximum absolute atomic E-state index is 13.6. The number of nitrogens with zero attached hydrogens (tertiary/aromatic N) is 3. The molecule has 0 spiro atoms. The SMILES string of the molecule is CSc1ccc(Cl)cc1N(C(N)=O)c1nc2c(c(C(F)(F)F)n1)CCCC2. The minimum absolute atomic E-state index is 0.0955. The molecule has 144 valence electrons. The van der Waals surface area contributed by atoms with Crippen LogP contribution in [0.5, 0.6) is 0 Å². The quantitative estimate of drug-likeness (QED) is 0.717. The maximum Gasteiger partial charge on any atom is 0.433 e. The van der Waals surface area contributed by atoms with Crippen molar-refractivity contribution in [2.75, 3.05) is 11.2 Å². The van der Waals surface area contributed by atoms with Gasteiger partial charge in [0.05, 0.1) is 5.69 Å². The van der Waals surface area contributed by atoms with Gasteiger partial charge in [0.25, 0.3) is 0 Å². The van der Waals surface area contributed by atoms with Gasteiger partial charge in [-0.25, -0.2) is 19.7 Å². The van der Waals surface area contributed by atoms with E-state index in [1.807, 2.05) is 0 Å². The third-order valence-corrected chi connectivity index (χ3v) is 5.26. The van der Waals surface area contributed by atoms with E-state index in [4.69, 9.17) is 17.3 Å². The Balaban J connectivity index is 2.23. The van der Waals surface area contributed by atoms with E-state index in [1.165, 1.54) is 17.8 Å². The van der Waals surface area contributed by atoms with Gasteiger partial charge in [-0.05, 0) is 50.1 Å². The van der Waals surface area contributed by atoms with Crippen LogP contribution in [0.2, 0.25) is 5.02 Å². The van der Waals surface area contributed by atoms with Crippen molar-refractivity contribution in [3.8, 4) is 0 Å². The zero-order chi connectivity index (χ0) is 19.8. The average Bonchev–Trinajstić information content (AvgIpc) is 2.60. The van der Waals surface area contributed by atoms with Gasteiger partial charge in [0, 0.05) is 21.2 Å². The largest absolute Gasteiger partial charge is 0.433 e. The summed E-state index contributed by atoms with van der Waals surface area (Å²) in [4.78, 5) is 21.6. The van der Waals surface area contributed by atoms with Crippen LogP contribution in [-0.2, 0) is 19.0 Å². The van der Waals surface area contributed by atoms with Gasteiger partial charge in [-0.1, -0.05) is 11.6 Å². The van der Waals surface area contributed by atoms with Gasteiger partial charge in [-0.3, -0.25) is 0 Å². The van der Waals surface area contributed by atoms with Crippen LogP contribution in [0.4, 0.5) is 29.6 Å². The molecule has 0 unspecified atom stereocenters. The molecule has 0 radical (unpaired) electrons. The molecule has 2 N–H and O–H groups in total. The van der Waals surface area contributed by atoms with Crippen molar-refractivity contribution in [3.05, 3.63) is 40.2 Å². The molecule has 1 aromatic heterocycles. The number of anilines is 2. The van der Waals surface area contributed by atoms with Gasteiger partial charge in [0.2, 0.25) is 5.95 Å². The van der Waals surface area contributed by atoms with E-state index in [9.17, 15) is 18.0 Å². The molecule has 5 nitrogen and oxygen atoms in total. The zero-order valence-electron chi connectivity index (χ0n) is 14.3. The van der Waals surface area contributed by atoms with Gasteiger partial charge in [0.15, 0.2) is 5.69 Å². The van der Waals surface area contributed by atoms with Crippen molar-refractivity contribution in [3.63, 3.8) is 0 Å². The molecule has 0 atom stereocenters. The van der Waals surface area contributed by atoms with Crippen LogP contribution in [0.25, 0.3) is 0 Å². The van der Waals surface area contributed by atoms with Gasteiger partial charge >= 0.3 is 12.2 Å². The molecular weight excluding hydrogens is 401 g/mol. The number of urea groups is 1. The number of halogens is 4. The predicted molar refractivity (Wildman–Crippen MR) is 98.6 cm³/mol. The van der Waals surface area contributed by atoms with Crippen molar-refractivity contribution in [1.82, 2.24) is 9.97 Å². The Morgan fingerprint density at radius 1 is 1.26 bits per heavy atom. The Morgan fingerprint density at radius 2 is 1.96 bits per heavy atom. The molecule has 2 amide bonds. The monoisotopic (exact) mass is 416 g/mol. The standard InChI is InChI=1S/C17H16ClF3N4OS/c1-27-13-7-6-9(18)8-12(13)25(15(22)26)16-23-11-5-3-2-4-10(11)14(24-16)17(19,20)21/h6-8H,2-5H2,1H3,(H2,22,26). The molecule has 0 aliphatic heterocycles. The number of hydrogen-bond donors (Lipinski definition) is 1. The van der Waals surface area contributed by atoms with Gasteiger partial charge < -0.3 is 5.73 Å². The Hall–Kier alpha value is -2.00. The summed E-state index contributed by atoms with van der Waals surface area (Å²) < 4.78 is 40.7. The second-order valence-electron chi connectivity index (χ2n) is 5.99. The molecule has 1 heterocycles. The lowest BCUT2D eigenvalue weighted by molar-refractivity contribution is -0.142. The fourth-order valence-corrected chi connectivity index (χ4v) is 3.81. The Labute approximate surface area is 163 Å². The Morgan fingerprint density at radius 3 is 2.59 bits per heavy atom. The first-order valence-corrected chi connectivity index (χ1v) is 9.72. The highest BCUT2D eigenvalue weighted by Gasteiger charge is 2.39. The van der Waals surface area contributed by atoms with E-state index in [0.29, 0.717) is 28.5 Å². The minimum atomic E-state index is -4.65. The zero-order valence-corrected chi connectivity index (χ0v) is 15.9. The number of primary amides is 1. The summed E-state index contributed by atoms with van der Waals surface area (Å²) in [6, 6.07) is 3.73. The summed E-state index contributed by atoms with van der Waals surface area (Å²) in [5.41, 5.74) is 5.11. The predicted octanol–water partition coefficient (Wildman–Crippen LogP) is 4.97. The van der Waals surface area contributed by atoms with Crippen molar-refractivity contribution < 1.29 is 18.0 Å². The van der Waals surface area contributed by atoms with Gasteiger partial charge in [-0.2, -0.15) is 13.2 Å². The number of fused-ring (bicyclic) bond motifs is 1. The number of aromatic nitrogens is 2. The smallest absolute Gasteiger partial charge is 0.351 e. The third-order valence-electron chi connectivity index (χ3n) is 4.24. The number of carbonyl (C=O) groups excluding carboxylic acids is 1. The molecule has 0 fully saturated rings. The summed E-state index contributed by atoms with van der Waals surface area (Å²) in [7, 11) is 0. The first-order chi connectivity index (χ1) is 12.7. The normalized spacial score (nSPS) is 14.0. The number of amides is 2. The van der Waals surface area contributed by atoms with Crippen LogP contribution in [0.15, 0.2) is 23.1 Å². The van der Waals surface area contributed by atoms with E-state index in [0.717, 1.165) is 11.3 Å². The molecule has 0 saturated carbocycles. The van der Waals surface area contributed by atoms with E-state index in [1.54, 1.807) is 18.4 Å². The van der Waals surface area contributed by atoms with E-state index in [-0.39, 0.29) is 17.7 Å². The number of alkyl halides is 3. The van der Waals surface area contributed by atoms with Crippen LogP contribution in [0.1, 0.15) is 29.8 Å². The van der Waals surface area contributed by atoms with Gasteiger partial charge in [-0.15, -0.1) is 11.8 Å². The molecule has 0 saturated heterocycles. The number of hydrogen-bond acceptors (Lipinski definition) is 4. The second kappa shape index (κ2) is 7.55. The number of rotatable bonds is 3. The Bertz CT molecular complexity index is 891. The van der Waals surface area contributed by atoms with Crippen LogP contribution in [-0.4, -0.2) is 22.3 Å². The highest BCUT2D eigenvalue weighted by atomic mass is 35.5.